The highest BCUT2D eigenvalue weighted by Crippen LogP contribution is 2.08. The fourth-order valence-corrected chi connectivity index (χ4v) is 0.865. The van der Waals surface area contributed by atoms with E-state index in [2.05, 4.69) is 4.98 Å². The van der Waals surface area contributed by atoms with Gasteiger partial charge in [-0.15, -0.1) is 0 Å². The zero-order valence-corrected chi connectivity index (χ0v) is 6.94. The Hall–Kier alpha value is -1.91. The lowest BCUT2D eigenvalue weighted by molar-refractivity contribution is 0.0690. The van der Waals surface area contributed by atoms with E-state index in [-0.39, 0.29) is 22.9 Å². The molecule has 0 aliphatic carbocycles. The molecule has 0 radical (unpaired) electrons. The first kappa shape index (κ1) is 9.18. The van der Waals surface area contributed by atoms with Crippen molar-refractivity contribution in [2.24, 2.45) is 0 Å². The smallest absolute Gasteiger partial charge is 0.354 e. The second-order valence-corrected chi connectivity index (χ2v) is 2.53. The normalized spacial score (nSPS) is 9.62. The fourth-order valence-electron chi connectivity index (χ4n) is 0.865. The molecule has 0 spiro atoms. The quantitative estimate of drug-likeness (QED) is 0.648. The summed E-state index contributed by atoms with van der Waals surface area (Å²) >= 11 is 0. The van der Waals surface area contributed by atoms with E-state index in [1.54, 1.807) is 0 Å². The van der Waals surface area contributed by atoms with Crippen molar-refractivity contribution in [3.05, 3.63) is 23.4 Å². The van der Waals surface area contributed by atoms with Crippen molar-refractivity contribution in [1.29, 1.82) is 0 Å². The average molecular weight is 180 g/mol. The fraction of sp³-hybridized carbons (Fsp3) is 0.125. The Bertz CT molecular complexity index is 341. The summed E-state index contributed by atoms with van der Waals surface area (Å²) in [6.07, 6.45) is 0. The maximum atomic E-state index is 10.9. The molecule has 13 heavy (non-hydrogen) atoms. The number of aromatic carboxylic acids is 1. The molecule has 0 saturated heterocycles. The summed E-state index contributed by atoms with van der Waals surface area (Å²) in [5.41, 5.74) is 5.35. The highest BCUT2D eigenvalue weighted by Gasteiger charge is 2.09. The largest absolute Gasteiger partial charge is 0.477 e. The number of hydrogen-bond acceptors (Lipinski definition) is 4. The Labute approximate surface area is 74.2 Å². The number of nitrogens with two attached hydrogens (primary N) is 1. The number of ketones is 1. The molecule has 0 aliphatic rings. The Morgan fingerprint density at radius 1 is 1.46 bits per heavy atom. The topological polar surface area (TPSA) is 93.3 Å². The lowest BCUT2D eigenvalue weighted by Gasteiger charge is -1.99. The zero-order chi connectivity index (χ0) is 10.0. The van der Waals surface area contributed by atoms with E-state index in [0.29, 0.717) is 0 Å². The van der Waals surface area contributed by atoms with Crippen LogP contribution in [-0.4, -0.2) is 21.8 Å². The summed E-state index contributed by atoms with van der Waals surface area (Å²) in [6, 6.07) is 2.54. The molecule has 0 aromatic carbocycles. The van der Waals surface area contributed by atoms with E-state index in [4.69, 9.17) is 10.8 Å². The van der Waals surface area contributed by atoms with Crippen molar-refractivity contribution in [2.75, 3.05) is 5.73 Å². The molecule has 5 heteroatoms. The first-order valence-electron chi connectivity index (χ1n) is 3.52. The molecular formula is C8H8N2O3. The second-order valence-electron chi connectivity index (χ2n) is 2.53. The number of anilines is 1. The molecule has 1 heterocycles. The van der Waals surface area contributed by atoms with Crippen molar-refractivity contribution < 1.29 is 14.7 Å². The molecule has 68 valence electrons. The van der Waals surface area contributed by atoms with Gasteiger partial charge in [-0.25, -0.2) is 9.78 Å². The molecule has 0 atom stereocenters. The van der Waals surface area contributed by atoms with Crippen molar-refractivity contribution in [2.45, 2.75) is 6.92 Å². The third-order valence-corrected chi connectivity index (χ3v) is 1.47. The molecule has 5 nitrogen and oxygen atoms in total. The summed E-state index contributed by atoms with van der Waals surface area (Å²) in [7, 11) is 0. The van der Waals surface area contributed by atoms with E-state index < -0.39 is 5.97 Å². The molecule has 0 saturated carbocycles. The molecule has 0 amide bonds. The first-order valence-corrected chi connectivity index (χ1v) is 3.52. The van der Waals surface area contributed by atoms with E-state index >= 15 is 0 Å². The molecule has 1 rings (SSSR count). The first-order chi connectivity index (χ1) is 6.00. The van der Waals surface area contributed by atoms with Crippen molar-refractivity contribution >= 4 is 17.6 Å². The molecule has 3 N–H and O–H groups in total. The maximum absolute atomic E-state index is 10.9. The Balaban J connectivity index is 3.26. The average Bonchev–Trinajstić information content (AvgIpc) is 2.03. The maximum Gasteiger partial charge on any atom is 0.354 e. The molecule has 0 bridgehead atoms. The second kappa shape index (κ2) is 3.22. The number of carbonyl (C=O) groups is 2. The summed E-state index contributed by atoms with van der Waals surface area (Å²) in [6.45, 7) is 1.33. The minimum atomic E-state index is -1.20. The predicted octanol–water partition coefficient (Wildman–Crippen LogP) is 0.565. The van der Waals surface area contributed by atoms with Crippen LogP contribution in [0.15, 0.2) is 12.1 Å². The number of hydrogen-bond donors (Lipinski definition) is 2. The number of carboxylic acids is 1. The number of nitrogen functional groups attached to an aromatic ring is 1. The number of pyridine rings is 1. The Morgan fingerprint density at radius 2 is 2.08 bits per heavy atom. The molecule has 1 aromatic rings. The lowest BCUT2D eigenvalue weighted by Crippen LogP contribution is -2.06. The van der Waals surface area contributed by atoms with Crippen LogP contribution in [0.5, 0.6) is 0 Å². The molecule has 0 unspecified atom stereocenters. The standard InChI is InChI=1S/C8H8N2O3/c1-4(11)5-2-6(8(12)13)10-7(9)3-5/h2-3H,1H3,(H2,9,10)(H,12,13). The third-order valence-electron chi connectivity index (χ3n) is 1.47. The van der Waals surface area contributed by atoms with Gasteiger partial charge in [0.1, 0.15) is 5.82 Å². The van der Waals surface area contributed by atoms with Gasteiger partial charge >= 0.3 is 5.97 Å². The minimum Gasteiger partial charge on any atom is -0.477 e. The van der Waals surface area contributed by atoms with Crippen LogP contribution >= 0.6 is 0 Å². The van der Waals surface area contributed by atoms with Gasteiger partial charge in [-0.3, -0.25) is 4.79 Å². The van der Waals surface area contributed by atoms with Crippen LogP contribution in [-0.2, 0) is 0 Å². The highest BCUT2D eigenvalue weighted by molar-refractivity contribution is 5.97. The van der Waals surface area contributed by atoms with Gasteiger partial charge in [0.15, 0.2) is 11.5 Å². The van der Waals surface area contributed by atoms with Crippen LogP contribution in [0.2, 0.25) is 0 Å². The molecule has 0 aliphatic heterocycles. The summed E-state index contributed by atoms with van der Waals surface area (Å²) < 4.78 is 0. The molecule has 1 aromatic heterocycles. The molecular weight excluding hydrogens is 172 g/mol. The number of rotatable bonds is 2. The summed E-state index contributed by atoms with van der Waals surface area (Å²) in [5.74, 6) is -1.41. The van der Waals surface area contributed by atoms with Gasteiger partial charge in [-0.1, -0.05) is 0 Å². The van der Waals surface area contributed by atoms with E-state index in [9.17, 15) is 9.59 Å². The highest BCUT2D eigenvalue weighted by atomic mass is 16.4. The van der Waals surface area contributed by atoms with Gasteiger partial charge in [0.05, 0.1) is 0 Å². The lowest BCUT2D eigenvalue weighted by atomic mass is 10.1. The van der Waals surface area contributed by atoms with E-state index in [0.717, 1.165) is 0 Å². The van der Waals surface area contributed by atoms with Gasteiger partial charge in [0.2, 0.25) is 0 Å². The molecule has 0 fully saturated rings. The van der Waals surface area contributed by atoms with Gasteiger partial charge in [0, 0.05) is 5.56 Å². The SMILES string of the molecule is CC(=O)c1cc(N)nc(C(=O)O)c1. The number of carboxylic acid groups (broad SMARTS) is 1. The van der Waals surface area contributed by atoms with Gasteiger partial charge in [-0.2, -0.15) is 0 Å². The summed E-state index contributed by atoms with van der Waals surface area (Å²) in [4.78, 5) is 24.9. The predicted molar refractivity (Wildman–Crippen MR) is 45.6 cm³/mol. The number of aromatic nitrogens is 1. The zero-order valence-electron chi connectivity index (χ0n) is 6.94. The Kier molecular flexibility index (Phi) is 2.27. The summed E-state index contributed by atoms with van der Waals surface area (Å²) in [5, 5.41) is 8.59. The van der Waals surface area contributed by atoms with Gasteiger partial charge < -0.3 is 10.8 Å². The third kappa shape index (κ3) is 2.02. The van der Waals surface area contributed by atoms with Crippen LogP contribution in [0.1, 0.15) is 27.8 Å². The van der Waals surface area contributed by atoms with Gasteiger partial charge in [0.25, 0.3) is 0 Å². The van der Waals surface area contributed by atoms with Crippen LogP contribution in [0, 0.1) is 0 Å². The number of Topliss-reactive ketones (excluding diaryl/α,β-unsaturated/α-hetero) is 1. The monoisotopic (exact) mass is 180 g/mol. The van der Waals surface area contributed by atoms with Crippen molar-refractivity contribution in [3.8, 4) is 0 Å². The van der Waals surface area contributed by atoms with Crippen molar-refractivity contribution in [3.63, 3.8) is 0 Å². The van der Waals surface area contributed by atoms with Gasteiger partial charge in [-0.05, 0) is 19.1 Å². The number of nitrogens with zero attached hydrogens (tertiary/aromatic N) is 1. The Morgan fingerprint density at radius 3 is 2.54 bits per heavy atom. The number of carbonyl (C=O) groups excluding carboxylic acids is 1. The van der Waals surface area contributed by atoms with Crippen LogP contribution in [0.4, 0.5) is 5.82 Å². The van der Waals surface area contributed by atoms with Crippen LogP contribution in [0.3, 0.4) is 0 Å². The van der Waals surface area contributed by atoms with Crippen molar-refractivity contribution in [1.82, 2.24) is 4.98 Å². The minimum absolute atomic E-state index is 0.0325. The van der Waals surface area contributed by atoms with E-state index in [1.807, 2.05) is 0 Å². The van der Waals surface area contributed by atoms with Crippen LogP contribution < -0.4 is 5.73 Å². The van der Waals surface area contributed by atoms with Crippen LogP contribution in [0.25, 0.3) is 0 Å². The van der Waals surface area contributed by atoms with E-state index in [1.165, 1.54) is 19.1 Å².